The molecule has 0 radical (unpaired) electrons. The average Bonchev–Trinajstić information content (AvgIpc) is 2.57. The quantitative estimate of drug-likeness (QED) is 0.169. The highest BCUT2D eigenvalue weighted by Gasteiger charge is 2.33. The molecule has 0 heterocycles. The van der Waals surface area contributed by atoms with Crippen LogP contribution in [0.2, 0.25) is 18.1 Å². The fourth-order valence-electron chi connectivity index (χ4n) is 2.62. The minimum Gasteiger partial charge on any atom is -0.389 e. The first-order valence-electron chi connectivity index (χ1n) is 9.46. The van der Waals surface area contributed by atoms with E-state index in [0.717, 1.165) is 43.8 Å². The van der Waals surface area contributed by atoms with Crippen molar-refractivity contribution in [2.45, 2.75) is 90.4 Å². The van der Waals surface area contributed by atoms with Gasteiger partial charge in [-0.2, -0.15) is 13.2 Å². The Morgan fingerprint density at radius 1 is 0.920 bits per heavy atom. The molecule has 25 heavy (non-hydrogen) atoms. The zero-order valence-electron chi connectivity index (χ0n) is 16.1. The summed E-state index contributed by atoms with van der Waals surface area (Å²) in [7, 11) is -1.78. The summed E-state index contributed by atoms with van der Waals surface area (Å²) in [5.74, 6) is -1.37. The van der Waals surface area contributed by atoms with E-state index in [-0.39, 0.29) is 0 Å². The van der Waals surface area contributed by atoms with Gasteiger partial charge in [0.05, 0.1) is 5.92 Å². The first-order chi connectivity index (χ1) is 11.7. The maximum absolute atomic E-state index is 12.3. The number of halogens is 3. The van der Waals surface area contributed by atoms with Crippen LogP contribution in [0, 0.1) is 5.92 Å². The van der Waals surface area contributed by atoms with Gasteiger partial charge in [0.25, 0.3) is 0 Å². The van der Waals surface area contributed by atoms with Crippen LogP contribution in [-0.2, 0) is 4.43 Å². The SMILES string of the molecule is CC[Si](CC)(CC)OC(O)C=CCCCCCC=CC(C)C(F)(F)F. The standard InChI is InChI=1S/C19H35F3O2Si/c1-5-25(6-2,7-3)24-18(23)16-14-12-10-8-9-11-13-15-17(4)19(20,21)22/h13-18,23H,5-12H2,1-4H3. The summed E-state index contributed by atoms with van der Waals surface area (Å²) >= 11 is 0. The Balaban J connectivity index is 3.88. The van der Waals surface area contributed by atoms with Crippen molar-refractivity contribution in [2.24, 2.45) is 5.92 Å². The van der Waals surface area contributed by atoms with E-state index >= 15 is 0 Å². The smallest absolute Gasteiger partial charge is 0.389 e. The fraction of sp³-hybridized carbons (Fsp3) is 0.789. The van der Waals surface area contributed by atoms with E-state index in [4.69, 9.17) is 4.43 Å². The molecule has 0 fully saturated rings. The lowest BCUT2D eigenvalue weighted by atomic mass is 10.1. The van der Waals surface area contributed by atoms with Crippen molar-refractivity contribution >= 4 is 8.32 Å². The van der Waals surface area contributed by atoms with Gasteiger partial charge in [-0.1, -0.05) is 52.3 Å². The number of aliphatic hydroxyl groups is 1. The lowest BCUT2D eigenvalue weighted by Crippen LogP contribution is -2.39. The van der Waals surface area contributed by atoms with Gasteiger partial charge in [0.2, 0.25) is 0 Å². The molecule has 0 amide bonds. The topological polar surface area (TPSA) is 29.5 Å². The Morgan fingerprint density at radius 2 is 1.40 bits per heavy atom. The van der Waals surface area contributed by atoms with Gasteiger partial charge in [0, 0.05) is 0 Å². The van der Waals surface area contributed by atoms with Crippen molar-refractivity contribution in [3.8, 4) is 0 Å². The second-order valence-corrected chi connectivity index (χ2v) is 11.3. The van der Waals surface area contributed by atoms with Crippen molar-refractivity contribution in [3.05, 3.63) is 24.3 Å². The summed E-state index contributed by atoms with van der Waals surface area (Å²) in [5, 5.41) is 9.99. The molecular formula is C19H35F3O2Si. The summed E-state index contributed by atoms with van der Waals surface area (Å²) in [6.07, 6.45) is 5.87. The second kappa shape index (κ2) is 12.7. The Bertz CT molecular complexity index is 382. The van der Waals surface area contributed by atoms with Gasteiger partial charge >= 0.3 is 6.18 Å². The third-order valence-corrected chi connectivity index (χ3v) is 9.39. The van der Waals surface area contributed by atoms with Crippen LogP contribution in [0.15, 0.2) is 24.3 Å². The minimum atomic E-state index is -4.14. The van der Waals surface area contributed by atoms with E-state index in [1.54, 1.807) is 12.2 Å². The normalized spacial score (nSPS) is 16.0. The van der Waals surface area contributed by atoms with Crippen LogP contribution in [0.4, 0.5) is 13.2 Å². The monoisotopic (exact) mass is 380 g/mol. The molecule has 0 spiro atoms. The van der Waals surface area contributed by atoms with Gasteiger partial charge in [-0.15, -0.1) is 0 Å². The van der Waals surface area contributed by atoms with Crippen molar-refractivity contribution < 1.29 is 22.7 Å². The van der Waals surface area contributed by atoms with Crippen LogP contribution in [-0.4, -0.2) is 25.9 Å². The Kier molecular flexibility index (Phi) is 12.4. The van der Waals surface area contributed by atoms with Gasteiger partial charge in [0.15, 0.2) is 14.6 Å². The zero-order chi connectivity index (χ0) is 19.3. The highest BCUT2D eigenvalue weighted by molar-refractivity contribution is 6.73. The molecule has 0 aromatic carbocycles. The molecule has 0 aromatic heterocycles. The fourth-order valence-corrected chi connectivity index (χ4v) is 5.21. The van der Waals surface area contributed by atoms with Gasteiger partial charge in [-0.3, -0.25) is 0 Å². The van der Waals surface area contributed by atoms with Crippen LogP contribution < -0.4 is 0 Å². The lowest BCUT2D eigenvalue weighted by molar-refractivity contribution is -0.156. The maximum Gasteiger partial charge on any atom is 0.394 e. The Labute approximate surface area is 152 Å². The van der Waals surface area contributed by atoms with E-state index in [1.807, 2.05) is 6.08 Å². The van der Waals surface area contributed by atoms with Crippen molar-refractivity contribution in [2.75, 3.05) is 0 Å². The Hall–Kier alpha value is -0.593. The highest BCUT2D eigenvalue weighted by atomic mass is 28.4. The molecule has 0 aliphatic rings. The molecule has 0 saturated heterocycles. The molecule has 0 bridgehead atoms. The van der Waals surface area contributed by atoms with Crippen molar-refractivity contribution in [1.82, 2.24) is 0 Å². The lowest BCUT2D eigenvalue weighted by Gasteiger charge is -2.29. The summed E-state index contributed by atoms with van der Waals surface area (Å²) in [4.78, 5) is 0. The predicted molar refractivity (Wildman–Crippen MR) is 101 cm³/mol. The third kappa shape index (κ3) is 10.9. The van der Waals surface area contributed by atoms with E-state index in [1.165, 1.54) is 13.0 Å². The van der Waals surface area contributed by atoms with E-state index < -0.39 is 26.7 Å². The summed E-state index contributed by atoms with van der Waals surface area (Å²) < 4.78 is 42.8. The van der Waals surface area contributed by atoms with Gasteiger partial charge in [0.1, 0.15) is 0 Å². The Morgan fingerprint density at radius 3 is 1.84 bits per heavy atom. The molecule has 0 rings (SSSR count). The molecule has 1 N–H and O–H groups in total. The molecule has 2 unspecified atom stereocenters. The molecule has 2 atom stereocenters. The number of unbranched alkanes of at least 4 members (excludes halogenated alkanes) is 4. The average molecular weight is 381 g/mol. The number of hydrogen-bond donors (Lipinski definition) is 1. The number of rotatable bonds is 13. The first-order valence-corrected chi connectivity index (χ1v) is 12.0. The van der Waals surface area contributed by atoms with Crippen LogP contribution in [0.3, 0.4) is 0 Å². The summed E-state index contributed by atoms with van der Waals surface area (Å²) in [5.41, 5.74) is 0. The molecule has 0 aliphatic carbocycles. The van der Waals surface area contributed by atoms with Crippen LogP contribution in [0.5, 0.6) is 0 Å². The van der Waals surface area contributed by atoms with E-state index in [2.05, 4.69) is 20.8 Å². The molecule has 148 valence electrons. The molecular weight excluding hydrogens is 345 g/mol. The molecule has 2 nitrogen and oxygen atoms in total. The zero-order valence-corrected chi connectivity index (χ0v) is 17.1. The number of alkyl halides is 3. The molecule has 0 aromatic rings. The second-order valence-electron chi connectivity index (χ2n) is 6.58. The third-order valence-electron chi connectivity index (χ3n) is 4.79. The van der Waals surface area contributed by atoms with Gasteiger partial charge < -0.3 is 9.53 Å². The molecule has 6 heteroatoms. The number of allylic oxidation sites excluding steroid dienone is 3. The summed E-state index contributed by atoms with van der Waals surface area (Å²) in [6, 6.07) is 3.02. The largest absolute Gasteiger partial charge is 0.394 e. The van der Waals surface area contributed by atoms with Gasteiger partial charge in [-0.25, -0.2) is 0 Å². The number of aliphatic hydroxyl groups excluding tert-OH is 1. The minimum absolute atomic E-state index is 0.674. The number of hydrogen-bond acceptors (Lipinski definition) is 2. The first kappa shape index (κ1) is 24.4. The van der Waals surface area contributed by atoms with E-state index in [9.17, 15) is 18.3 Å². The van der Waals surface area contributed by atoms with Gasteiger partial charge in [-0.05, 0) is 49.9 Å². The molecule has 0 aliphatic heterocycles. The van der Waals surface area contributed by atoms with Crippen LogP contribution >= 0.6 is 0 Å². The van der Waals surface area contributed by atoms with Crippen molar-refractivity contribution in [1.29, 1.82) is 0 Å². The highest BCUT2D eigenvalue weighted by Crippen LogP contribution is 2.26. The van der Waals surface area contributed by atoms with Crippen LogP contribution in [0.25, 0.3) is 0 Å². The molecule has 0 saturated carbocycles. The summed E-state index contributed by atoms with van der Waals surface area (Å²) in [6.45, 7) is 7.54. The van der Waals surface area contributed by atoms with E-state index in [0.29, 0.717) is 6.42 Å². The van der Waals surface area contributed by atoms with Crippen molar-refractivity contribution in [3.63, 3.8) is 0 Å². The predicted octanol–water partition coefficient (Wildman–Crippen LogP) is 6.59. The maximum atomic E-state index is 12.3. The van der Waals surface area contributed by atoms with Crippen LogP contribution in [0.1, 0.15) is 59.8 Å².